The Balaban J connectivity index is 1.96. The standard InChI is InChI=1S/C21H25ClN2O4/c1-3-11-27-18-10-5-15(13-19(18)28-12-4-2)21(26)23-14-20(25)24-17-8-6-16(22)7-9-17/h5-10,13H,3-4,11-12,14H2,1-2H3,(H,23,26)(H,24,25). The smallest absolute Gasteiger partial charge is 0.251 e. The predicted octanol–water partition coefficient (Wildman–Crippen LogP) is 4.29. The minimum absolute atomic E-state index is 0.152. The van der Waals surface area contributed by atoms with Gasteiger partial charge in [-0.25, -0.2) is 0 Å². The van der Waals surface area contributed by atoms with Crippen molar-refractivity contribution in [3.8, 4) is 11.5 Å². The molecule has 0 saturated carbocycles. The van der Waals surface area contributed by atoms with Crippen LogP contribution in [-0.2, 0) is 4.79 Å². The number of benzene rings is 2. The Morgan fingerprint density at radius 3 is 2.21 bits per heavy atom. The first-order valence-corrected chi connectivity index (χ1v) is 9.64. The third kappa shape index (κ3) is 6.78. The van der Waals surface area contributed by atoms with Gasteiger partial charge in [-0.1, -0.05) is 25.4 Å². The molecule has 2 N–H and O–H groups in total. The monoisotopic (exact) mass is 404 g/mol. The fourth-order valence-electron chi connectivity index (χ4n) is 2.31. The van der Waals surface area contributed by atoms with E-state index in [0.29, 0.717) is 41.0 Å². The minimum atomic E-state index is -0.366. The molecule has 2 aromatic rings. The van der Waals surface area contributed by atoms with E-state index in [1.165, 1.54) is 0 Å². The summed E-state index contributed by atoms with van der Waals surface area (Å²) in [4.78, 5) is 24.4. The SMILES string of the molecule is CCCOc1ccc(C(=O)NCC(=O)Nc2ccc(Cl)cc2)cc1OCCC. The van der Waals surface area contributed by atoms with E-state index in [0.717, 1.165) is 12.8 Å². The quantitative estimate of drug-likeness (QED) is 0.619. The van der Waals surface area contributed by atoms with Crippen molar-refractivity contribution in [1.29, 1.82) is 0 Å². The second kappa shape index (κ2) is 11.2. The normalized spacial score (nSPS) is 10.2. The molecule has 0 atom stereocenters. The lowest BCUT2D eigenvalue weighted by Gasteiger charge is -2.13. The summed E-state index contributed by atoms with van der Waals surface area (Å²) in [5.41, 5.74) is 1.01. The maximum Gasteiger partial charge on any atom is 0.251 e. The molecule has 150 valence electrons. The predicted molar refractivity (Wildman–Crippen MR) is 110 cm³/mol. The molecule has 0 fully saturated rings. The largest absolute Gasteiger partial charge is 0.490 e. The van der Waals surface area contributed by atoms with Gasteiger partial charge in [0.1, 0.15) is 0 Å². The molecule has 0 unspecified atom stereocenters. The summed E-state index contributed by atoms with van der Waals surface area (Å²) >= 11 is 5.81. The molecule has 0 aliphatic rings. The Bertz CT molecular complexity index is 793. The van der Waals surface area contributed by atoms with Crippen molar-refractivity contribution in [1.82, 2.24) is 5.32 Å². The molecule has 0 spiro atoms. The highest BCUT2D eigenvalue weighted by Gasteiger charge is 2.13. The van der Waals surface area contributed by atoms with Gasteiger partial charge in [-0.2, -0.15) is 0 Å². The van der Waals surface area contributed by atoms with Crippen LogP contribution in [0, 0.1) is 0 Å². The maximum atomic E-state index is 12.4. The van der Waals surface area contributed by atoms with Crippen LogP contribution in [0.5, 0.6) is 11.5 Å². The van der Waals surface area contributed by atoms with Gasteiger partial charge in [-0.05, 0) is 55.3 Å². The number of nitrogens with one attached hydrogen (secondary N) is 2. The molecular weight excluding hydrogens is 380 g/mol. The molecular formula is C21H25ClN2O4. The van der Waals surface area contributed by atoms with Gasteiger partial charge >= 0.3 is 0 Å². The summed E-state index contributed by atoms with van der Waals surface area (Å²) in [5, 5.41) is 5.88. The lowest BCUT2D eigenvalue weighted by atomic mass is 10.2. The van der Waals surface area contributed by atoms with Crippen molar-refractivity contribution >= 4 is 29.1 Å². The lowest BCUT2D eigenvalue weighted by Crippen LogP contribution is -2.32. The highest BCUT2D eigenvalue weighted by Crippen LogP contribution is 2.29. The fraction of sp³-hybridized carbons (Fsp3) is 0.333. The third-order valence-electron chi connectivity index (χ3n) is 3.67. The van der Waals surface area contributed by atoms with Crippen molar-refractivity contribution in [2.24, 2.45) is 0 Å². The van der Waals surface area contributed by atoms with E-state index in [1.807, 2.05) is 13.8 Å². The third-order valence-corrected chi connectivity index (χ3v) is 3.92. The van der Waals surface area contributed by atoms with E-state index in [-0.39, 0.29) is 18.4 Å². The fourth-order valence-corrected chi connectivity index (χ4v) is 2.43. The molecule has 0 aliphatic heterocycles. The van der Waals surface area contributed by atoms with Gasteiger partial charge in [-0.15, -0.1) is 0 Å². The summed E-state index contributed by atoms with van der Waals surface area (Å²) in [6.45, 7) is 4.96. The highest BCUT2D eigenvalue weighted by atomic mass is 35.5. The second-order valence-corrected chi connectivity index (χ2v) is 6.53. The molecule has 2 rings (SSSR count). The molecule has 0 radical (unpaired) electrons. The summed E-state index contributed by atoms with van der Waals surface area (Å²) in [7, 11) is 0. The number of amides is 2. The van der Waals surface area contributed by atoms with Gasteiger partial charge in [-0.3, -0.25) is 9.59 Å². The zero-order valence-corrected chi connectivity index (χ0v) is 16.8. The Morgan fingerprint density at radius 1 is 0.929 bits per heavy atom. The van der Waals surface area contributed by atoms with Crippen LogP contribution >= 0.6 is 11.6 Å². The lowest BCUT2D eigenvalue weighted by molar-refractivity contribution is -0.115. The topological polar surface area (TPSA) is 76.7 Å². The number of ether oxygens (including phenoxy) is 2. The van der Waals surface area contributed by atoms with Gasteiger partial charge in [0.15, 0.2) is 11.5 Å². The van der Waals surface area contributed by atoms with Crippen LogP contribution in [0.4, 0.5) is 5.69 Å². The Hall–Kier alpha value is -2.73. The van der Waals surface area contributed by atoms with Crippen molar-refractivity contribution in [2.75, 3.05) is 25.1 Å². The van der Waals surface area contributed by atoms with Gasteiger partial charge in [0.25, 0.3) is 5.91 Å². The van der Waals surface area contributed by atoms with Gasteiger partial charge in [0.05, 0.1) is 19.8 Å². The number of hydrogen-bond acceptors (Lipinski definition) is 4. The molecule has 0 aliphatic carbocycles. The minimum Gasteiger partial charge on any atom is -0.490 e. The van der Waals surface area contributed by atoms with Crippen molar-refractivity contribution in [3.05, 3.63) is 53.1 Å². The average molecular weight is 405 g/mol. The Labute approximate surface area is 170 Å². The highest BCUT2D eigenvalue weighted by molar-refractivity contribution is 6.30. The first kappa shape index (κ1) is 21.6. The van der Waals surface area contributed by atoms with E-state index in [1.54, 1.807) is 42.5 Å². The van der Waals surface area contributed by atoms with Gasteiger partial charge in [0.2, 0.25) is 5.91 Å². The molecule has 6 nitrogen and oxygen atoms in total. The van der Waals surface area contributed by atoms with Crippen LogP contribution in [0.2, 0.25) is 5.02 Å². The summed E-state index contributed by atoms with van der Waals surface area (Å²) in [6, 6.07) is 11.7. The van der Waals surface area contributed by atoms with Crippen LogP contribution in [0.25, 0.3) is 0 Å². The van der Waals surface area contributed by atoms with Crippen LogP contribution < -0.4 is 20.1 Å². The number of carbonyl (C=O) groups excluding carboxylic acids is 2. The summed E-state index contributed by atoms with van der Waals surface area (Å²) in [5.74, 6) is 0.427. The van der Waals surface area contributed by atoms with E-state index < -0.39 is 0 Å². The summed E-state index contributed by atoms with van der Waals surface area (Å²) in [6.07, 6.45) is 1.71. The molecule has 2 aromatic carbocycles. The number of rotatable bonds is 10. The number of hydrogen-bond donors (Lipinski definition) is 2. The molecule has 0 heterocycles. The molecule has 0 aromatic heterocycles. The van der Waals surface area contributed by atoms with Crippen LogP contribution in [0.1, 0.15) is 37.0 Å². The van der Waals surface area contributed by atoms with Crippen molar-refractivity contribution in [2.45, 2.75) is 26.7 Å². The zero-order valence-electron chi connectivity index (χ0n) is 16.1. The number of carbonyl (C=O) groups is 2. The Kier molecular flexibility index (Phi) is 8.62. The van der Waals surface area contributed by atoms with Crippen LogP contribution in [0.15, 0.2) is 42.5 Å². The van der Waals surface area contributed by atoms with E-state index >= 15 is 0 Å². The molecule has 0 saturated heterocycles. The van der Waals surface area contributed by atoms with Crippen molar-refractivity contribution < 1.29 is 19.1 Å². The molecule has 0 bridgehead atoms. The Morgan fingerprint density at radius 2 is 1.57 bits per heavy atom. The average Bonchev–Trinajstić information content (AvgIpc) is 2.70. The van der Waals surface area contributed by atoms with E-state index in [4.69, 9.17) is 21.1 Å². The first-order valence-electron chi connectivity index (χ1n) is 9.26. The molecule has 28 heavy (non-hydrogen) atoms. The van der Waals surface area contributed by atoms with E-state index in [9.17, 15) is 9.59 Å². The van der Waals surface area contributed by atoms with E-state index in [2.05, 4.69) is 10.6 Å². The summed E-state index contributed by atoms with van der Waals surface area (Å²) < 4.78 is 11.4. The molecule has 2 amide bonds. The van der Waals surface area contributed by atoms with Crippen LogP contribution in [0.3, 0.4) is 0 Å². The van der Waals surface area contributed by atoms with Gasteiger partial charge in [0, 0.05) is 16.3 Å². The van der Waals surface area contributed by atoms with Gasteiger partial charge < -0.3 is 20.1 Å². The number of halogens is 1. The molecule has 7 heteroatoms. The second-order valence-electron chi connectivity index (χ2n) is 6.10. The van der Waals surface area contributed by atoms with Crippen LogP contribution in [-0.4, -0.2) is 31.6 Å². The first-order chi connectivity index (χ1) is 13.5. The van der Waals surface area contributed by atoms with Crippen molar-refractivity contribution in [3.63, 3.8) is 0 Å². The maximum absolute atomic E-state index is 12.4. The number of anilines is 1. The zero-order chi connectivity index (χ0) is 20.4.